The van der Waals surface area contributed by atoms with Crippen LogP contribution < -0.4 is 11.1 Å². The van der Waals surface area contributed by atoms with Gasteiger partial charge in [0.25, 0.3) is 0 Å². The quantitative estimate of drug-likeness (QED) is 0.794. The van der Waals surface area contributed by atoms with E-state index in [1.165, 1.54) is 0 Å². The Morgan fingerprint density at radius 3 is 2.33 bits per heavy atom. The van der Waals surface area contributed by atoms with Crippen molar-refractivity contribution in [2.45, 2.75) is 52.7 Å². The van der Waals surface area contributed by atoms with Gasteiger partial charge in [0.15, 0.2) is 0 Å². The molecule has 104 valence electrons. The topological polar surface area (TPSA) is 64.4 Å². The Labute approximate surface area is 110 Å². The average Bonchev–Trinajstić information content (AvgIpc) is 2.71. The van der Waals surface area contributed by atoms with Crippen LogP contribution in [0, 0.1) is 16.7 Å². The Morgan fingerprint density at radius 2 is 1.89 bits per heavy atom. The maximum atomic E-state index is 12.0. The summed E-state index contributed by atoms with van der Waals surface area (Å²) in [4.78, 5) is 12.0. The summed E-state index contributed by atoms with van der Waals surface area (Å²) >= 11 is 0. The summed E-state index contributed by atoms with van der Waals surface area (Å²) < 4.78 is 5.59. The molecule has 1 amide bonds. The molecule has 1 aliphatic carbocycles. The first-order chi connectivity index (χ1) is 8.30. The lowest BCUT2D eigenvalue weighted by atomic mass is 10.0. The van der Waals surface area contributed by atoms with Crippen molar-refractivity contribution in [1.82, 2.24) is 5.32 Å². The second-order valence-corrected chi connectivity index (χ2v) is 6.80. The van der Waals surface area contributed by atoms with E-state index in [1.807, 2.05) is 0 Å². The van der Waals surface area contributed by atoms with E-state index in [1.54, 1.807) is 0 Å². The van der Waals surface area contributed by atoms with Crippen molar-refractivity contribution < 1.29 is 9.53 Å². The van der Waals surface area contributed by atoms with E-state index in [-0.39, 0.29) is 18.1 Å². The lowest BCUT2D eigenvalue weighted by molar-refractivity contribution is -0.131. The Morgan fingerprint density at radius 1 is 1.28 bits per heavy atom. The summed E-state index contributed by atoms with van der Waals surface area (Å²) in [7, 11) is 0. The van der Waals surface area contributed by atoms with Crippen molar-refractivity contribution in [3.8, 4) is 0 Å². The van der Waals surface area contributed by atoms with Gasteiger partial charge in [-0.05, 0) is 29.6 Å². The number of ether oxygens (including phenoxy) is 1. The zero-order valence-corrected chi connectivity index (χ0v) is 12.0. The fourth-order valence-corrected chi connectivity index (χ4v) is 3.23. The second-order valence-electron chi connectivity index (χ2n) is 6.80. The predicted molar refractivity (Wildman–Crippen MR) is 71.0 cm³/mol. The molecule has 18 heavy (non-hydrogen) atoms. The van der Waals surface area contributed by atoms with Gasteiger partial charge in [-0.3, -0.25) is 4.79 Å². The number of carbonyl (C=O) groups is 1. The minimum Gasteiger partial charge on any atom is -0.364 e. The molecule has 3 N–H and O–H groups in total. The smallest absolute Gasteiger partial charge is 0.249 e. The van der Waals surface area contributed by atoms with Crippen molar-refractivity contribution in [2.24, 2.45) is 22.5 Å². The van der Waals surface area contributed by atoms with Crippen LogP contribution in [0.3, 0.4) is 0 Å². The molecule has 0 spiro atoms. The van der Waals surface area contributed by atoms with Crippen LogP contribution in [-0.4, -0.2) is 31.2 Å². The summed E-state index contributed by atoms with van der Waals surface area (Å²) in [5, 5.41) is 3.04. The van der Waals surface area contributed by atoms with E-state index in [2.05, 4.69) is 33.0 Å². The molecule has 1 aliphatic heterocycles. The first-order valence-electron chi connectivity index (χ1n) is 6.94. The fourth-order valence-electron chi connectivity index (χ4n) is 3.23. The molecule has 1 saturated carbocycles. The third-order valence-corrected chi connectivity index (χ3v) is 5.46. The maximum Gasteiger partial charge on any atom is 0.249 e. The molecule has 4 heteroatoms. The minimum absolute atomic E-state index is 0.0319. The summed E-state index contributed by atoms with van der Waals surface area (Å²) in [6.45, 7) is 10.3. The number of amides is 1. The van der Waals surface area contributed by atoms with Crippen molar-refractivity contribution in [3.63, 3.8) is 0 Å². The van der Waals surface area contributed by atoms with Gasteiger partial charge < -0.3 is 15.8 Å². The van der Waals surface area contributed by atoms with E-state index in [9.17, 15) is 4.79 Å². The number of hydrogen-bond acceptors (Lipinski definition) is 3. The van der Waals surface area contributed by atoms with Gasteiger partial charge in [0.1, 0.15) is 6.10 Å². The van der Waals surface area contributed by atoms with E-state index in [0.29, 0.717) is 23.3 Å². The SMILES string of the molecule is CC1(C)C(CNC(=O)C2CCC(CN)O2)C1(C)C. The summed E-state index contributed by atoms with van der Waals surface area (Å²) in [5.41, 5.74) is 6.17. The maximum absolute atomic E-state index is 12.0. The van der Waals surface area contributed by atoms with Gasteiger partial charge in [0.05, 0.1) is 6.10 Å². The van der Waals surface area contributed by atoms with Gasteiger partial charge in [-0.15, -0.1) is 0 Å². The zero-order chi connectivity index (χ0) is 13.6. The van der Waals surface area contributed by atoms with Gasteiger partial charge in [-0.2, -0.15) is 0 Å². The molecule has 0 aromatic heterocycles. The molecule has 2 aliphatic rings. The van der Waals surface area contributed by atoms with E-state index in [0.717, 1.165) is 19.4 Å². The van der Waals surface area contributed by atoms with Crippen LogP contribution >= 0.6 is 0 Å². The Kier molecular flexibility index (Phi) is 3.45. The van der Waals surface area contributed by atoms with Gasteiger partial charge in [-0.1, -0.05) is 27.7 Å². The normalized spacial score (nSPS) is 33.4. The van der Waals surface area contributed by atoms with Crippen LogP contribution in [0.25, 0.3) is 0 Å². The molecule has 1 heterocycles. The van der Waals surface area contributed by atoms with E-state index in [4.69, 9.17) is 10.5 Å². The number of hydrogen-bond donors (Lipinski definition) is 2. The number of nitrogens with two attached hydrogens (primary N) is 1. The Bertz CT molecular complexity index is 325. The van der Waals surface area contributed by atoms with Crippen LogP contribution in [0.4, 0.5) is 0 Å². The molecule has 2 rings (SSSR count). The highest BCUT2D eigenvalue weighted by Crippen LogP contribution is 2.67. The van der Waals surface area contributed by atoms with Crippen LogP contribution in [0.5, 0.6) is 0 Å². The van der Waals surface area contributed by atoms with E-state index < -0.39 is 0 Å². The second kappa shape index (κ2) is 4.49. The van der Waals surface area contributed by atoms with Crippen LogP contribution in [-0.2, 0) is 9.53 Å². The van der Waals surface area contributed by atoms with E-state index >= 15 is 0 Å². The Balaban J connectivity index is 1.77. The highest BCUT2D eigenvalue weighted by molar-refractivity contribution is 5.81. The third-order valence-electron chi connectivity index (χ3n) is 5.46. The number of rotatable bonds is 4. The average molecular weight is 254 g/mol. The van der Waals surface area contributed by atoms with Crippen molar-refractivity contribution >= 4 is 5.91 Å². The standard InChI is InChI=1S/C14H26N2O2/c1-13(2)11(14(13,3)4)8-16-12(17)10-6-5-9(7-15)18-10/h9-11H,5-8,15H2,1-4H3,(H,16,17). The molecule has 2 fully saturated rings. The minimum atomic E-state index is -0.288. The Hall–Kier alpha value is -0.610. The van der Waals surface area contributed by atoms with Crippen molar-refractivity contribution in [3.05, 3.63) is 0 Å². The summed E-state index contributed by atoms with van der Waals surface area (Å²) in [6.07, 6.45) is 1.47. The molecule has 2 atom stereocenters. The molecule has 1 saturated heterocycles. The number of nitrogens with one attached hydrogen (secondary N) is 1. The highest BCUT2D eigenvalue weighted by atomic mass is 16.5. The fraction of sp³-hybridized carbons (Fsp3) is 0.929. The van der Waals surface area contributed by atoms with Crippen LogP contribution in [0.2, 0.25) is 0 Å². The van der Waals surface area contributed by atoms with Gasteiger partial charge in [0, 0.05) is 13.1 Å². The molecular weight excluding hydrogens is 228 g/mol. The molecule has 2 unspecified atom stereocenters. The van der Waals surface area contributed by atoms with Crippen LogP contribution in [0.1, 0.15) is 40.5 Å². The first kappa shape index (κ1) is 13.8. The molecular formula is C14H26N2O2. The van der Waals surface area contributed by atoms with Crippen molar-refractivity contribution in [2.75, 3.05) is 13.1 Å². The molecule has 4 nitrogen and oxygen atoms in total. The third kappa shape index (κ3) is 2.16. The summed E-state index contributed by atoms with van der Waals surface area (Å²) in [6, 6.07) is 0. The van der Waals surface area contributed by atoms with Crippen LogP contribution in [0.15, 0.2) is 0 Å². The molecule has 0 aromatic rings. The monoisotopic (exact) mass is 254 g/mol. The van der Waals surface area contributed by atoms with Crippen molar-refractivity contribution in [1.29, 1.82) is 0 Å². The largest absolute Gasteiger partial charge is 0.364 e. The molecule has 0 radical (unpaired) electrons. The predicted octanol–water partition coefficient (Wildman–Crippen LogP) is 1.29. The molecule has 0 aromatic carbocycles. The van der Waals surface area contributed by atoms with Gasteiger partial charge >= 0.3 is 0 Å². The molecule has 0 bridgehead atoms. The first-order valence-corrected chi connectivity index (χ1v) is 6.94. The zero-order valence-electron chi connectivity index (χ0n) is 12.0. The lowest BCUT2D eigenvalue weighted by Crippen LogP contribution is -2.37. The lowest BCUT2D eigenvalue weighted by Gasteiger charge is -2.13. The van der Waals surface area contributed by atoms with Gasteiger partial charge in [-0.25, -0.2) is 0 Å². The van der Waals surface area contributed by atoms with Gasteiger partial charge in [0.2, 0.25) is 5.91 Å². The number of carbonyl (C=O) groups excluding carboxylic acids is 1. The summed E-state index contributed by atoms with van der Waals surface area (Å²) in [5.74, 6) is 0.588. The highest BCUT2D eigenvalue weighted by Gasteiger charge is 2.64.